The van der Waals surface area contributed by atoms with Crippen molar-refractivity contribution in [2.45, 2.75) is 13.5 Å². The topological polar surface area (TPSA) is 62.5 Å². The molecule has 0 aliphatic carbocycles. The molecule has 1 heterocycles. The van der Waals surface area contributed by atoms with Gasteiger partial charge >= 0.3 is 0 Å². The Morgan fingerprint density at radius 2 is 1.95 bits per heavy atom. The van der Waals surface area contributed by atoms with Crippen molar-refractivity contribution in [2.24, 2.45) is 0 Å². The Balaban J connectivity index is 2.18. The third-order valence-corrected chi connectivity index (χ3v) is 4.46. The van der Waals surface area contributed by atoms with Crippen molar-refractivity contribution in [3.63, 3.8) is 0 Å². The van der Waals surface area contributed by atoms with Gasteiger partial charge in [0.15, 0.2) is 5.13 Å². The molecule has 1 aromatic carbocycles. The Kier molecular flexibility index (Phi) is 4.47. The van der Waals surface area contributed by atoms with E-state index >= 15 is 0 Å². The highest BCUT2D eigenvalue weighted by atomic mass is 32.1. The summed E-state index contributed by atoms with van der Waals surface area (Å²) >= 11 is 1.32. The second kappa shape index (κ2) is 6.13. The standard InChI is InChI=1S/C15H20N4OS/c1-10-7-5-6-8-11(10)9-19(4)14(20)12-13(16)17-15(21-12)18(2)3/h5-8H,9,16H2,1-4H3. The molecule has 0 fully saturated rings. The second-order valence-electron chi connectivity index (χ2n) is 5.19. The second-order valence-corrected chi connectivity index (χ2v) is 6.17. The van der Waals surface area contributed by atoms with E-state index in [1.807, 2.05) is 50.2 Å². The first-order valence-electron chi connectivity index (χ1n) is 6.63. The van der Waals surface area contributed by atoms with E-state index in [1.54, 1.807) is 11.9 Å². The van der Waals surface area contributed by atoms with Crippen molar-refractivity contribution in [3.05, 3.63) is 40.3 Å². The van der Waals surface area contributed by atoms with Gasteiger partial charge in [-0.05, 0) is 18.1 Å². The minimum Gasteiger partial charge on any atom is -0.382 e. The van der Waals surface area contributed by atoms with Crippen LogP contribution in [0, 0.1) is 6.92 Å². The third-order valence-electron chi connectivity index (χ3n) is 3.23. The van der Waals surface area contributed by atoms with Crippen LogP contribution in [-0.4, -0.2) is 36.9 Å². The summed E-state index contributed by atoms with van der Waals surface area (Å²) in [5.41, 5.74) is 8.17. The molecular weight excluding hydrogens is 284 g/mol. The Labute approximate surface area is 129 Å². The summed E-state index contributed by atoms with van der Waals surface area (Å²) in [4.78, 5) is 20.7. The monoisotopic (exact) mass is 304 g/mol. The molecule has 2 rings (SSSR count). The predicted molar refractivity (Wildman–Crippen MR) is 87.8 cm³/mol. The van der Waals surface area contributed by atoms with Gasteiger partial charge in [0.05, 0.1) is 0 Å². The van der Waals surface area contributed by atoms with Crippen molar-refractivity contribution in [3.8, 4) is 0 Å². The minimum absolute atomic E-state index is 0.0960. The number of hydrogen-bond acceptors (Lipinski definition) is 5. The first-order chi connectivity index (χ1) is 9.90. The average Bonchev–Trinajstić information content (AvgIpc) is 2.82. The zero-order chi connectivity index (χ0) is 15.6. The van der Waals surface area contributed by atoms with Crippen LogP contribution in [0.2, 0.25) is 0 Å². The Hall–Kier alpha value is -2.08. The third kappa shape index (κ3) is 3.33. The smallest absolute Gasteiger partial charge is 0.267 e. The van der Waals surface area contributed by atoms with Crippen molar-refractivity contribution < 1.29 is 4.79 Å². The lowest BCUT2D eigenvalue weighted by molar-refractivity contribution is 0.0790. The number of benzene rings is 1. The van der Waals surface area contributed by atoms with Crippen LogP contribution in [-0.2, 0) is 6.54 Å². The van der Waals surface area contributed by atoms with Crippen molar-refractivity contribution in [1.82, 2.24) is 9.88 Å². The van der Waals surface area contributed by atoms with E-state index in [1.165, 1.54) is 16.9 Å². The highest BCUT2D eigenvalue weighted by molar-refractivity contribution is 7.18. The molecule has 0 unspecified atom stereocenters. The first-order valence-corrected chi connectivity index (χ1v) is 7.45. The molecule has 112 valence electrons. The van der Waals surface area contributed by atoms with Crippen LogP contribution in [0.3, 0.4) is 0 Å². The fraction of sp³-hybridized carbons (Fsp3) is 0.333. The zero-order valence-electron chi connectivity index (χ0n) is 12.8. The number of carbonyl (C=O) groups is 1. The fourth-order valence-corrected chi connectivity index (χ4v) is 2.86. The quantitative estimate of drug-likeness (QED) is 0.942. The van der Waals surface area contributed by atoms with Gasteiger partial charge in [0.1, 0.15) is 10.7 Å². The zero-order valence-corrected chi connectivity index (χ0v) is 13.6. The number of nitrogens with zero attached hydrogens (tertiary/aromatic N) is 3. The van der Waals surface area contributed by atoms with E-state index in [4.69, 9.17) is 5.73 Å². The molecule has 0 bridgehead atoms. The molecule has 5 nitrogen and oxygen atoms in total. The maximum Gasteiger partial charge on any atom is 0.267 e. The van der Waals surface area contributed by atoms with E-state index < -0.39 is 0 Å². The summed E-state index contributed by atoms with van der Waals surface area (Å²) in [6.07, 6.45) is 0. The van der Waals surface area contributed by atoms with Gasteiger partial charge in [0.2, 0.25) is 0 Å². The molecule has 0 saturated carbocycles. The summed E-state index contributed by atoms with van der Waals surface area (Å²) in [7, 11) is 5.54. The predicted octanol–water partition coefficient (Wildman–Crippen LogP) is 2.37. The normalized spacial score (nSPS) is 10.5. The summed E-state index contributed by atoms with van der Waals surface area (Å²) in [5, 5.41) is 0.736. The van der Waals surface area contributed by atoms with Crippen molar-refractivity contribution in [1.29, 1.82) is 0 Å². The number of thiazole rings is 1. The molecule has 2 aromatic rings. The van der Waals surface area contributed by atoms with Gasteiger partial charge in [-0.3, -0.25) is 4.79 Å². The maximum absolute atomic E-state index is 12.5. The highest BCUT2D eigenvalue weighted by Gasteiger charge is 2.20. The molecule has 0 atom stereocenters. The van der Waals surface area contributed by atoms with Gasteiger partial charge in [0.25, 0.3) is 5.91 Å². The van der Waals surface area contributed by atoms with Crippen LogP contribution in [0.5, 0.6) is 0 Å². The number of anilines is 2. The molecule has 1 amide bonds. The van der Waals surface area contributed by atoms with Gasteiger partial charge in [-0.1, -0.05) is 35.6 Å². The van der Waals surface area contributed by atoms with Crippen molar-refractivity contribution in [2.75, 3.05) is 31.8 Å². The number of nitrogens with two attached hydrogens (primary N) is 1. The Morgan fingerprint density at radius 3 is 2.52 bits per heavy atom. The van der Waals surface area contributed by atoms with E-state index in [0.717, 1.165) is 10.7 Å². The van der Waals surface area contributed by atoms with Crippen LogP contribution < -0.4 is 10.6 Å². The molecule has 21 heavy (non-hydrogen) atoms. The number of nitrogen functional groups attached to an aromatic ring is 1. The van der Waals surface area contributed by atoms with Gasteiger partial charge in [-0.15, -0.1) is 0 Å². The molecule has 0 spiro atoms. The van der Waals surface area contributed by atoms with Crippen LogP contribution in [0.1, 0.15) is 20.8 Å². The molecule has 6 heteroatoms. The Morgan fingerprint density at radius 1 is 1.29 bits per heavy atom. The van der Waals surface area contributed by atoms with Gasteiger partial charge in [-0.25, -0.2) is 4.98 Å². The average molecular weight is 304 g/mol. The number of carbonyl (C=O) groups excluding carboxylic acids is 1. The molecule has 0 aliphatic heterocycles. The number of rotatable bonds is 4. The summed E-state index contributed by atoms with van der Waals surface area (Å²) in [6.45, 7) is 2.60. The maximum atomic E-state index is 12.5. The number of aromatic nitrogens is 1. The Bertz CT molecular complexity index is 651. The van der Waals surface area contributed by atoms with E-state index in [-0.39, 0.29) is 5.91 Å². The lowest BCUT2D eigenvalue weighted by atomic mass is 10.1. The van der Waals surface area contributed by atoms with E-state index in [0.29, 0.717) is 17.2 Å². The molecule has 0 saturated heterocycles. The molecule has 0 aliphatic rings. The van der Waals surface area contributed by atoms with Gasteiger partial charge in [-0.2, -0.15) is 0 Å². The lowest BCUT2D eigenvalue weighted by Crippen LogP contribution is -2.26. The SMILES string of the molecule is Cc1ccccc1CN(C)C(=O)c1sc(N(C)C)nc1N. The van der Waals surface area contributed by atoms with Gasteiger partial charge < -0.3 is 15.5 Å². The summed E-state index contributed by atoms with van der Waals surface area (Å²) in [5.74, 6) is 0.201. The van der Waals surface area contributed by atoms with E-state index in [2.05, 4.69) is 4.98 Å². The van der Waals surface area contributed by atoms with Crippen LogP contribution in [0.4, 0.5) is 10.9 Å². The number of hydrogen-bond donors (Lipinski definition) is 1. The molecule has 2 N–H and O–H groups in total. The first kappa shape index (κ1) is 15.3. The fourth-order valence-electron chi connectivity index (χ4n) is 1.95. The van der Waals surface area contributed by atoms with Crippen LogP contribution in [0.15, 0.2) is 24.3 Å². The van der Waals surface area contributed by atoms with Crippen LogP contribution in [0.25, 0.3) is 0 Å². The highest BCUT2D eigenvalue weighted by Crippen LogP contribution is 2.28. The largest absolute Gasteiger partial charge is 0.382 e. The number of amides is 1. The lowest BCUT2D eigenvalue weighted by Gasteiger charge is -2.17. The molecule has 1 aromatic heterocycles. The molecular formula is C15H20N4OS. The van der Waals surface area contributed by atoms with Crippen molar-refractivity contribution >= 4 is 28.2 Å². The van der Waals surface area contributed by atoms with Crippen LogP contribution >= 0.6 is 11.3 Å². The summed E-state index contributed by atoms with van der Waals surface area (Å²) in [6, 6.07) is 8.04. The van der Waals surface area contributed by atoms with E-state index in [9.17, 15) is 4.79 Å². The minimum atomic E-state index is -0.0960. The molecule has 0 radical (unpaired) electrons. The summed E-state index contributed by atoms with van der Waals surface area (Å²) < 4.78 is 0. The van der Waals surface area contributed by atoms with Gasteiger partial charge in [0, 0.05) is 27.7 Å². The number of aryl methyl sites for hydroxylation is 1.